The molecule has 0 bridgehead atoms. The van der Waals surface area contributed by atoms with Crippen molar-refractivity contribution in [2.45, 2.75) is 50.8 Å². The summed E-state index contributed by atoms with van der Waals surface area (Å²) in [5, 5.41) is 6.28. The molecular formula is C16H25N5O2. The van der Waals surface area contributed by atoms with E-state index in [2.05, 4.69) is 20.6 Å². The summed E-state index contributed by atoms with van der Waals surface area (Å²) >= 11 is 0. The Morgan fingerprint density at radius 1 is 1.35 bits per heavy atom. The van der Waals surface area contributed by atoms with E-state index in [0.717, 1.165) is 32.4 Å². The fourth-order valence-electron chi connectivity index (χ4n) is 3.30. The Morgan fingerprint density at radius 2 is 2.04 bits per heavy atom. The minimum atomic E-state index is -0.110. The van der Waals surface area contributed by atoms with Crippen LogP contribution in [0.2, 0.25) is 0 Å². The lowest BCUT2D eigenvalue weighted by Crippen LogP contribution is -2.51. The first kappa shape index (κ1) is 16.0. The number of aromatic nitrogens is 2. The van der Waals surface area contributed by atoms with Gasteiger partial charge in [0, 0.05) is 31.5 Å². The van der Waals surface area contributed by atoms with Gasteiger partial charge in [0.25, 0.3) is 0 Å². The number of anilines is 1. The number of nitrogens with zero attached hydrogens (tertiary/aromatic N) is 3. The molecule has 1 aromatic heterocycles. The Labute approximate surface area is 136 Å². The van der Waals surface area contributed by atoms with Gasteiger partial charge in [-0.3, -0.25) is 0 Å². The van der Waals surface area contributed by atoms with Crippen molar-refractivity contribution in [1.29, 1.82) is 0 Å². The Morgan fingerprint density at radius 3 is 2.70 bits per heavy atom. The number of nitrogens with one attached hydrogen (secondary N) is 2. The van der Waals surface area contributed by atoms with Crippen LogP contribution in [0, 0.1) is 0 Å². The average molecular weight is 319 g/mol. The van der Waals surface area contributed by atoms with Gasteiger partial charge in [0.15, 0.2) is 0 Å². The number of likely N-dealkylation sites (tertiary alicyclic amines) is 1. The van der Waals surface area contributed by atoms with Crippen LogP contribution in [0.15, 0.2) is 18.5 Å². The van der Waals surface area contributed by atoms with E-state index in [0.29, 0.717) is 12.6 Å². The third kappa shape index (κ3) is 3.90. The maximum absolute atomic E-state index is 12.1. The molecule has 2 fully saturated rings. The maximum atomic E-state index is 12.1. The first-order chi connectivity index (χ1) is 11.1. The van der Waals surface area contributed by atoms with Crippen molar-refractivity contribution in [2.24, 2.45) is 0 Å². The number of ether oxygens (including phenoxy) is 1. The highest BCUT2D eigenvalue weighted by Gasteiger charge is 2.43. The molecule has 0 aliphatic carbocycles. The first-order valence-electron chi connectivity index (χ1n) is 8.29. The quantitative estimate of drug-likeness (QED) is 0.885. The summed E-state index contributed by atoms with van der Waals surface area (Å²) in [5.74, 6) is 0.645. The molecule has 2 N–H and O–H groups in total. The summed E-state index contributed by atoms with van der Waals surface area (Å²) in [6.45, 7) is 6.10. The zero-order chi connectivity index (χ0) is 16.3. The Kier molecular flexibility index (Phi) is 4.66. The summed E-state index contributed by atoms with van der Waals surface area (Å²) in [7, 11) is 0. The third-order valence-electron chi connectivity index (χ3n) is 4.48. The number of urea groups is 1. The van der Waals surface area contributed by atoms with Gasteiger partial charge in [-0.2, -0.15) is 0 Å². The van der Waals surface area contributed by atoms with Crippen molar-refractivity contribution in [3.63, 3.8) is 0 Å². The second-order valence-corrected chi connectivity index (χ2v) is 6.70. The molecule has 1 atom stereocenters. The van der Waals surface area contributed by atoms with Crippen LogP contribution >= 0.6 is 0 Å². The van der Waals surface area contributed by atoms with Gasteiger partial charge in [-0.1, -0.05) is 0 Å². The molecule has 3 heterocycles. The molecular weight excluding hydrogens is 294 g/mol. The predicted molar refractivity (Wildman–Crippen MR) is 87.2 cm³/mol. The van der Waals surface area contributed by atoms with Crippen LogP contribution in [-0.4, -0.2) is 58.3 Å². The molecule has 0 aromatic carbocycles. The monoisotopic (exact) mass is 319 g/mol. The molecule has 1 aromatic rings. The largest absolute Gasteiger partial charge is 0.373 e. The van der Waals surface area contributed by atoms with E-state index >= 15 is 0 Å². The number of hydrogen-bond donors (Lipinski definition) is 2. The summed E-state index contributed by atoms with van der Waals surface area (Å²) in [6, 6.07) is 2.23. The van der Waals surface area contributed by atoms with Gasteiger partial charge in [-0.15, -0.1) is 0 Å². The number of amides is 2. The van der Waals surface area contributed by atoms with Gasteiger partial charge in [-0.25, -0.2) is 14.8 Å². The van der Waals surface area contributed by atoms with Crippen LogP contribution in [0.25, 0.3) is 0 Å². The number of carbonyl (C=O) groups excluding carboxylic acids is 1. The number of piperidine rings is 1. The van der Waals surface area contributed by atoms with E-state index in [1.54, 1.807) is 18.5 Å². The summed E-state index contributed by atoms with van der Waals surface area (Å²) in [5.41, 5.74) is -0.110. The molecule has 2 amide bonds. The molecule has 7 heteroatoms. The zero-order valence-corrected chi connectivity index (χ0v) is 13.8. The molecule has 2 saturated heterocycles. The lowest BCUT2D eigenvalue weighted by molar-refractivity contribution is -0.0363. The SMILES string of the molecule is CC(C)NC(=O)N1CCC2(CC1)CC(Nc1ncccn1)CO2. The highest BCUT2D eigenvalue weighted by molar-refractivity contribution is 5.74. The maximum Gasteiger partial charge on any atom is 0.317 e. The van der Waals surface area contributed by atoms with Crippen LogP contribution in [0.4, 0.5) is 10.7 Å². The highest BCUT2D eigenvalue weighted by Crippen LogP contribution is 2.36. The van der Waals surface area contributed by atoms with Crippen molar-refractivity contribution in [3.8, 4) is 0 Å². The molecule has 7 nitrogen and oxygen atoms in total. The van der Waals surface area contributed by atoms with Gasteiger partial charge in [0.2, 0.25) is 5.95 Å². The highest BCUT2D eigenvalue weighted by atomic mass is 16.5. The van der Waals surface area contributed by atoms with Gasteiger partial charge < -0.3 is 20.3 Å². The third-order valence-corrected chi connectivity index (χ3v) is 4.48. The van der Waals surface area contributed by atoms with E-state index < -0.39 is 0 Å². The summed E-state index contributed by atoms with van der Waals surface area (Å²) in [6.07, 6.45) is 6.16. The first-order valence-corrected chi connectivity index (χ1v) is 8.29. The normalized spacial score (nSPS) is 23.3. The smallest absolute Gasteiger partial charge is 0.317 e. The Balaban J connectivity index is 1.50. The molecule has 1 spiro atoms. The molecule has 2 aliphatic rings. The second-order valence-electron chi connectivity index (χ2n) is 6.70. The van der Waals surface area contributed by atoms with E-state index in [1.165, 1.54) is 0 Å². The summed E-state index contributed by atoms with van der Waals surface area (Å²) < 4.78 is 6.10. The second kappa shape index (κ2) is 6.70. The topological polar surface area (TPSA) is 79.4 Å². The molecule has 2 aliphatic heterocycles. The van der Waals surface area contributed by atoms with Crippen molar-refractivity contribution in [1.82, 2.24) is 20.2 Å². The number of carbonyl (C=O) groups is 1. The fraction of sp³-hybridized carbons (Fsp3) is 0.688. The number of rotatable bonds is 3. The van der Waals surface area contributed by atoms with E-state index in [1.807, 2.05) is 18.7 Å². The number of hydrogen-bond acceptors (Lipinski definition) is 5. The molecule has 126 valence electrons. The molecule has 3 rings (SSSR count). The van der Waals surface area contributed by atoms with Crippen molar-refractivity contribution in [2.75, 3.05) is 25.0 Å². The summed E-state index contributed by atoms with van der Waals surface area (Å²) in [4.78, 5) is 22.3. The van der Waals surface area contributed by atoms with Gasteiger partial charge in [0.1, 0.15) is 0 Å². The molecule has 0 radical (unpaired) electrons. The minimum Gasteiger partial charge on any atom is -0.373 e. The molecule has 23 heavy (non-hydrogen) atoms. The fourth-order valence-corrected chi connectivity index (χ4v) is 3.30. The minimum absolute atomic E-state index is 0.0280. The average Bonchev–Trinajstić information content (AvgIpc) is 2.91. The van der Waals surface area contributed by atoms with Crippen LogP contribution in [0.1, 0.15) is 33.1 Å². The van der Waals surface area contributed by atoms with Gasteiger partial charge >= 0.3 is 6.03 Å². The van der Waals surface area contributed by atoms with Gasteiger partial charge in [-0.05, 0) is 39.2 Å². The van der Waals surface area contributed by atoms with E-state index in [9.17, 15) is 4.79 Å². The van der Waals surface area contributed by atoms with Crippen LogP contribution in [0.3, 0.4) is 0 Å². The van der Waals surface area contributed by atoms with Gasteiger partial charge in [0.05, 0.1) is 18.2 Å². The Hall–Kier alpha value is -1.89. The van der Waals surface area contributed by atoms with Crippen LogP contribution < -0.4 is 10.6 Å². The predicted octanol–water partition coefficient (Wildman–Crippen LogP) is 1.63. The zero-order valence-electron chi connectivity index (χ0n) is 13.8. The van der Waals surface area contributed by atoms with Crippen molar-refractivity contribution < 1.29 is 9.53 Å². The Bertz CT molecular complexity index is 529. The lowest BCUT2D eigenvalue weighted by Gasteiger charge is -2.38. The van der Waals surface area contributed by atoms with E-state index in [4.69, 9.17) is 4.74 Å². The standard InChI is InChI=1S/C16H25N5O2/c1-12(2)19-15(22)21-8-4-16(5-9-21)10-13(11-23-16)20-14-17-6-3-7-18-14/h3,6-7,12-13H,4-5,8-11H2,1-2H3,(H,19,22)(H,17,18,20). The van der Waals surface area contributed by atoms with Crippen molar-refractivity contribution >= 4 is 12.0 Å². The molecule has 0 saturated carbocycles. The molecule has 1 unspecified atom stereocenters. The van der Waals surface area contributed by atoms with E-state index in [-0.39, 0.29) is 23.7 Å². The van der Waals surface area contributed by atoms with Crippen LogP contribution in [0.5, 0.6) is 0 Å². The lowest BCUT2D eigenvalue weighted by atomic mass is 9.87. The van der Waals surface area contributed by atoms with Crippen molar-refractivity contribution in [3.05, 3.63) is 18.5 Å². The van der Waals surface area contributed by atoms with Crippen LogP contribution in [-0.2, 0) is 4.74 Å².